The molecule has 0 heterocycles. The first-order chi connectivity index (χ1) is 10.2. The van der Waals surface area contributed by atoms with Crippen molar-refractivity contribution in [3.63, 3.8) is 0 Å². The number of nitriles is 1. The summed E-state index contributed by atoms with van der Waals surface area (Å²) < 4.78 is 27.0. The Labute approximate surface area is 120 Å². The number of halogens is 2. The van der Waals surface area contributed by atoms with Gasteiger partial charge in [-0.25, -0.2) is 8.78 Å². The summed E-state index contributed by atoms with van der Waals surface area (Å²) in [5, 5.41) is 13.5. The molecular formula is C17H10F2N2. The van der Waals surface area contributed by atoms with Crippen LogP contribution >= 0.6 is 0 Å². The molecule has 0 aliphatic heterocycles. The summed E-state index contributed by atoms with van der Waals surface area (Å²) in [6, 6.07) is 16.7. The van der Waals surface area contributed by atoms with Crippen molar-refractivity contribution in [2.45, 2.75) is 0 Å². The number of hydrogen-bond donors (Lipinski definition) is 1. The Morgan fingerprint density at radius 3 is 2.33 bits per heavy atom. The zero-order chi connectivity index (χ0) is 14.8. The Balaban J connectivity index is 2.14. The van der Waals surface area contributed by atoms with Crippen LogP contribution in [0.5, 0.6) is 0 Å². The smallest absolute Gasteiger partial charge is 0.182 e. The first-order valence-corrected chi connectivity index (χ1v) is 6.33. The molecule has 3 rings (SSSR count). The number of fused-ring (bicyclic) bond motifs is 1. The molecule has 0 radical (unpaired) electrons. The largest absolute Gasteiger partial charge is 0.353 e. The van der Waals surface area contributed by atoms with E-state index in [2.05, 4.69) is 11.4 Å². The molecule has 0 aliphatic carbocycles. The minimum Gasteiger partial charge on any atom is -0.353 e. The Morgan fingerprint density at radius 1 is 0.810 bits per heavy atom. The molecule has 0 fully saturated rings. The Morgan fingerprint density at radius 2 is 1.57 bits per heavy atom. The second kappa shape index (κ2) is 5.22. The van der Waals surface area contributed by atoms with Gasteiger partial charge in [0.25, 0.3) is 0 Å². The van der Waals surface area contributed by atoms with Crippen LogP contribution in [0.3, 0.4) is 0 Å². The van der Waals surface area contributed by atoms with Crippen LogP contribution in [0.15, 0.2) is 54.6 Å². The maximum Gasteiger partial charge on any atom is 0.182 e. The van der Waals surface area contributed by atoms with Gasteiger partial charge in [-0.3, -0.25) is 0 Å². The molecule has 0 spiro atoms. The van der Waals surface area contributed by atoms with Crippen LogP contribution in [0.4, 0.5) is 20.2 Å². The Kier molecular flexibility index (Phi) is 3.25. The van der Waals surface area contributed by atoms with Crippen molar-refractivity contribution in [2.75, 3.05) is 5.32 Å². The molecule has 0 saturated heterocycles. The highest BCUT2D eigenvalue weighted by Crippen LogP contribution is 2.30. The van der Waals surface area contributed by atoms with Crippen molar-refractivity contribution in [1.82, 2.24) is 0 Å². The predicted molar refractivity (Wildman–Crippen MR) is 78.3 cm³/mol. The van der Waals surface area contributed by atoms with Crippen molar-refractivity contribution in [2.24, 2.45) is 0 Å². The number of hydrogen-bond acceptors (Lipinski definition) is 2. The number of benzene rings is 3. The van der Waals surface area contributed by atoms with Crippen LogP contribution in [0.2, 0.25) is 0 Å². The average molecular weight is 280 g/mol. The molecule has 2 nitrogen and oxygen atoms in total. The minimum absolute atomic E-state index is 0.0601. The maximum atomic E-state index is 13.7. The van der Waals surface area contributed by atoms with Crippen LogP contribution in [0.25, 0.3) is 10.8 Å². The van der Waals surface area contributed by atoms with E-state index in [4.69, 9.17) is 5.26 Å². The van der Waals surface area contributed by atoms with Crippen molar-refractivity contribution < 1.29 is 8.78 Å². The summed E-state index contributed by atoms with van der Waals surface area (Å²) in [5.74, 6) is -1.83. The summed E-state index contributed by atoms with van der Waals surface area (Å²) >= 11 is 0. The van der Waals surface area contributed by atoms with Gasteiger partial charge in [-0.2, -0.15) is 5.26 Å². The minimum atomic E-state index is -0.925. The van der Waals surface area contributed by atoms with Crippen molar-refractivity contribution >= 4 is 22.1 Å². The third kappa shape index (κ3) is 2.30. The van der Waals surface area contributed by atoms with Gasteiger partial charge in [-0.1, -0.05) is 30.3 Å². The number of nitrogens with one attached hydrogen (secondary N) is 1. The molecule has 3 aromatic carbocycles. The molecule has 3 aromatic rings. The lowest BCUT2D eigenvalue weighted by atomic mass is 10.0. The molecule has 0 bridgehead atoms. The molecule has 4 heteroatoms. The van der Waals surface area contributed by atoms with Crippen LogP contribution in [0, 0.1) is 23.0 Å². The zero-order valence-corrected chi connectivity index (χ0v) is 10.9. The molecule has 21 heavy (non-hydrogen) atoms. The van der Waals surface area contributed by atoms with Gasteiger partial charge in [0.1, 0.15) is 0 Å². The first kappa shape index (κ1) is 13.1. The summed E-state index contributed by atoms with van der Waals surface area (Å²) in [6.45, 7) is 0. The van der Waals surface area contributed by atoms with E-state index in [0.717, 1.165) is 16.8 Å². The fourth-order valence-corrected chi connectivity index (χ4v) is 2.25. The van der Waals surface area contributed by atoms with Gasteiger partial charge in [-0.15, -0.1) is 0 Å². The fraction of sp³-hybridized carbons (Fsp3) is 0. The summed E-state index contributed by atoms with van der Waals surface area (Å²) in [6.07, 6.45) is 0. The van der Waals surface area contributed by atoms with Gasteiger partial charge in [0.2, 0.25) is 0 Å². The monoisotopic (exact) mass is 280 g/mol. The van der Waals surface area contributed by atoms with E-state index >= 15 is 0 Å². The van der Waals surface area contributed by atoms with Gasteiger partial charge < -0.3 is 5.32 Å². The average Bonchev–Trinajstić information content (AvgIpc) is 2.52. The van der Waals surface area contributed by atoms with E-state index in [1.807, 2.05) is 24.3 Å². The van der Waals surface area contributed by atoms with Crippen LogP contribution in [0.1, 0.15) is 5.56 Å². The molecule has 0 saturated carbocycles. The van der Waals surface area contributed by atoms with E-state index < -0.39 is 11.6 Å². The molecule has 0 aliphatic rings. The quantitative estimate of drug-likeness (QED) is 0.736. The molecule has 0 atom stereocenters. The molecule has 0 unspecified atom stereocenters. The zero-order valence-electron chi connectivity index (χ0n) is 10.9. The second-order valence-electron chi connectivity index (χ2n) is 4.54. The van der Waals surface area contributed by atoms with Gasteiger partial charge in [0, 0.05) is 16.5 Å². The molecule has 0 amide bonds. The van der Waals surface area contributed by atoms with Crippen LogP contribution < -0.4 is 5.32 Å². The third-order valence-corrected chi connectivity index (χ3v) is 3.27. The third-order valence-electron chi connectivity index (χ3n) is 3.27. The first-order valence-electron chi connectivity index (χ1n) is 6.33. The summed E-state index contributed by atoms with van der Waals surface area (Å²) in [7, 11) is 0. The highest BCUT2D eigenvalue weighted by atomic mass is 19.2. The normalized spacial score (nSPS) is 10.3. The van der Waals surface area contributed by atoms with Gasteiger partial charge in [-0.05, 0) is 24.3 Å². The van der Waals surface area contributed by atoms with E-state index in [-0.39, 0.29) is 5.69 Å². The van der Waals surface area contributed by atoms with E-state index in [0.29, 0.717) is 11.3 Å². The van der Waals surface area contributed by atoms with Crippen LogP contribution in [-0.2, 0) is 0 Å². The number of anilines is 2. The Bertz CT molecular complexity index is 866. The lowest BCUT2D eigenvalue weighted by Gasteiger charge is -2.11. The van der Waals surface area contributed by atoms with Crippen molar-refractivity contribution in [3.8, 4) is 6.07 Å². The molecule has 0 aromatic heterocycles. The lowest BCUT2D eigenvalue weighted by Crippen LogP contribution is -1.97. The van der Waals surface area contributed by atoms with E-state index in [9.17, 15) is 8.78 Å². The van der Waals surface area contributed by atoms with E-state index in [1.54, 1.807) is 12.1 Å². The van der Waals surface area contributed by atoms with Gasteiger partial charge in [0.05, 0.1) is 17.3 Å². The highest BCUT2D eigenvalue weighted by molar-refractivity contribution is 5.98. The summed E-state index contributed by atoms with van der Waals surface area (Å²) in [4.78, 5) is 0. The number of nitrogens with zero attached hydrogens (tertiary/aromatic N) is 1. The van der Waals surface area contributed by atoms with Gasteiger partial charge >= 0.3 is 0 Å². The van der Waals surface area contributed by atoms with Crippen molar-refractivity contribution in [3.05, 3.63) is 71.8 Å². The predicted octanol–water partition coefficient (Wildman–Crippen LogP) is 4.73. The topological polar surface area (TPSA) is 35.8 Å². The molecule has 102 valence electrons. The van der Waals surface area contributed by atoms with Crippen LogP contribution in [-0.4, -0.2) is 0 Å². The second-order valence-corrected chi connectivity index (χ2v) is 4.54. The number of rotatable bonds is 2. The maximum absolute atomic E-state index is 13.7. The highest BCUT2D eigenvalue weighted by Gasteiger charge is 2.10. The van der Waals surface area contributed by atoms with Crippen molar-refractivity contribution in [1.29, 1.82) is 5.26 Å². The lowest BCUT2D eigenvalue weighted by molar-refractivity contribution is 0.512. The summed E-state index contributed by atoms with van der Waals surface area (Å²) in [5.41, 5.74) is 1.22. The Hall–Kier alpha value is -2.93. The fourth-order valence-electron chi connectivity index (χ4n) is 2.25. The van der Waals surface area contributed by atoms with E-state index in [1.165, 1.54) is 12.1 Å². The standard InChI is InChI=1S/C17H10F2N2/c18-14-6-3-7-16(17(14)19)21-15-9-8-11(10-20)12-4-1-2-5-13(12)15/h1-9,21H. The molecule has 1 N–H and O–H groups in total. The SMILES string of the molecule is N#Cc1ccc(Nc2cccc(F)c2F)c2ccccc12. The van der Waals surface area contributed by atoms with Gasteiger partial charge in [0.15, 0.2) is 11.6 Å². The molecular weight excluding hydrogens is 270 g/mol.